The maximum absolute atomic E-state index is 12.4. The van der Waals surface area contributed by atoms with Crippen LogP contribution in [-0.4, -0.2) is 35.8 Å². The number of hydrogen-bond donors (Lipinski definition) is 1. The molecule has 3 rings (SSSR count). The molecule has 0 aromatic heterocycles. The van der Waals surface area contributed by atoms with E-state index < -0.39 is 0 Å². The van der Waals surface area contributed by atoms with Gasteiger partial charge in [-0.3, -0.25) is 9.59 Å². The minimum atomic E-state index is -0.0837. The lowest BCUT2D eigenvalue weighted by molar-refractivity contribution is 0.0783. The zero-order chi connectivity index (χ0) is 15.4. The molecular formula is C18H18N2O2. The summed E-state index contributed by atoms with van der Waals surface area (Å²) in [7, 11) is 0. The highest BCUT2D eigenvalue weighted by Crippen LogP contribution is 2.14. The molecule has 0 bridgehead atoms. The van der Waals surface area contributed by atoms with Crippen molar-refractivity contribution in [2.45, 2.75) is 12.5 Å². The average molecular weight is 294 g/mol. The normalized spacial score (nSPS) is 17.3. The molecule has 22 heavy (non-hydrogen) atoms. The average Bonchev–Trinajstić information content (AvgIpc) is 3.04. The zero-order valence-electron chi connectivity index (χ0n) is 12.2. The van der Waals surface area contributed by atoms with E-state index in [1.54, 1.807) is 17.0 Å². The van der Waals surface area contributed by atoms with E-state index in [9.17, 15) is 9.59 Å². The van der Waals surface area contributed by atoms with Crippen molar-refractivity contribution in [1.29, 1.82) is 0 Å². The highest BCUT2D eigenvalue weighted by Gasteiger charge is 2.27. The zero-order valence-corrected chi connectivity index (χ0v) is 12.2. The largest absolute Gasteiger partial charge is 0.347 e. The fourth-order valence-corrected chi connectivity index (χ4v) is 2.68. The summed E-state index contributed by atoms with van der Waals surface area (Å²) in [6.45, 7) is 1.24. The number of amides is 2. The van der Waals surface area contributed by atoms with Gasteiger partial charge in [-0.2, -0.15) is 0 Å². The molecule has 4 nitrogen and oxygen atoms in total. The third kappa shape index (κ3) is 3.17. The number of hydrogen-bond acceptors (Lipinski definition) is 2. The molecular weight excluding hydrogens is 276 g/mol. The first-order chi connectivity index (χ1) is 10.7. The molecule has 0 saturated carbocycles. The molecule has 1 fully saturated rings. The van der Waals surface area contributed by atoms with Gasteiger partial charge in [0.05, 0.1) is 0 Å². The molecule has 2 aromatic rings. The van der Waals surface area contributed by atoms with Crippen molar-refractivity contribution in [2.75, 3.05) is 13.1 Å². The maximum atomic E-state index is 12.4. The third-order valence-corrected chi connectivity index (χ3v) is 3.87. The number of likely N-dealkylation sites (tertiary alicyclic amines) is 1. The second kappa shape index (κ2) is 6.43. The van der Waals surface area contributed by atoms with Crippen LogP contribution in [0.5, 0.6) is 0 Å². The van der Waals surface area contributed by atoms with Crippen LogP contribution < -0.4 is 5.32 Å². The Labute approximate surface area is 129 Å². The van der Waals surface area contributed by atoms with Crippen LogP contribution in [0.4, 0.5) is 0 Å². The fraction of sp³-hybridized carbons (Fsp3) is 0.222. The van der Waals surface area contributed by atoms with Crippen LogP contribution in [0.1, 0.15) is 27.1 Å². The SMILES string of the molecule is O=C(NC1CCN(C(=O)c2ccccc2)C1)c1ccccc1. The number of benzene rings is 2. The van der Waals surface area contributed by atoms with E-state index in [0.717, 1.165) is 6.42 Å². The standard InChI is InChI=1S/C18H18N2O2/c21-17(14-7-3-1-4-8-14)19-16-11-12-20(13-16)18(22)15-9-5-2-6-10-15/h1-10,16H,11-13H2,(H,19,21). The van der Waals surface area contributed by atoms with Gasteiger partial charge in [-0.05, 0) is 30.7 Å². The van der Waals surface area contributed by atoms with Gasteiger partial charge in [0.15, 0.2) is 0 Å². The van der Waals surface area contributed by atoms with E-state index in [1.807, 2.05) is 48.5 Å². The molecule has 1 aliphatic rings. The third-order valence-electron chi connectivity index (χ3n) is 3.87. The first-order valence-electron chi connectivity index (χ1n) is 7.44. The maximum Gasteiger partial charge on any atom is 0.253 e. The molecule has 0 radical (unpaired) electrons. The number of nitrogens with zero attached hydrogens (tertiary/aromatic N) is 1. The lowest BCUT2D eigenvalue weighted by atomic mass is 10.2. The summed E-state index contributed by atoms with van der Waals surface area (Å²) in [5.74, 6) is -0.0586. The molecule has 1 saturated heterocycles. The smallest absolute Gasteiger partial charge is 0.253 e. The van der Waals surface area contributed by atoms with Gasteiger partial charge >= 0.3 is 0 Å². The Bertz CT molecular complexity index is 655. The Morgan fingerprint density at radius 1 is 0.909 bits per heavy atom. The second-order valence-corrected chi connectivity index (χ2v) is 5.44. The van der Waals surface area contributed by atoms with Crippen molar-refractivity contribution < 1.29 is 9.59 Å². The number of carbonyl (C=O) groups excluding carboxylic acids is 2. The van der Waals surface area contributed by atoms with Crippen LogP contribution in [0.3, 0.4) is 0 Å². The van der Waals surface area contributed by atoms with Crippen molar-refractivity contribution in [3.63, 3.8) is 0 Å². The van der Waals surface area contributed by atoms with E-state index >= 15 is 0 Å². The Kier molecular flexibility index (Phi) is 4.19. The Morgan fingerprint density at radius 3 is 2.14 bits per heavy atom. The molecule has 1 atom stereocenters. The molecule has 0 spiro atoms. The number of rotatable bonds is 3. The van der Waals surface area contributed by atoms with E-state index in [-0.39, 0.29) is 17.9 Å². The van der Waals surface area contributed by atoms with Gasteiger partial charge in [0, 0.05) is 30.3 Å². The quantitative estimate of drug-likeness (QED) is 0.944. The van der Waals surface area contributed by atoms with Gasteiger partial charge in [0.25, 0.3) is 11.8 Å². The van der Waals surface area contributed by atoms with Gasteiger partial charge in [-0.15, -0.1) is 0 Å². The second-order valence-electron chi connectivity index (χ2n) is 5.44. The molecule has 2 aromatic carbocycles. The molecule has 112 valence electrons. The van der Waals surface area contributed by atoms with Crippen LogP contribution in [-0.2, 0) is 0 Å². The van der Waals surface area contributed by atoms with Gasteiger partial charge in [0.2, 0.25) is 0 Å². The van der Waals surface area contributed by atoms with Crippen molar-refractivity contribution in [1.82, 2.24) is 10.2 Å². The lowest BCUT2D eigenvalue weighted by Gasteiger charge is -2.17. The van der Waals surface area contributed by atoms with Gasteiger partial charge < -0.3 is 10.2 Å². The topological polar surface area (TPSA) is 49.4 Å². The fourth-order valence-electron chi connectivity index (χ4n) is 2.68. The van der Waals surface area contributed by atoms with Crippen LogP contribution >= 0.6 is 0 Å². The van der Waals surface area contributed by atoms with Crippen molar-refractivity contribution in [3.8, 4) is 0 Å². The predicted molar refractivity (Wildman–Crippen MR) is 84.7 cm³/mol. The molecule has 1 N–H and O–H groups in total. The molecule has 4 heteroatoms. The molecule has 2 amide bonds. The highest BCUT2D eigenvalue weighted by molar-refractivity contribution is 5.95. The molecule has 1 heterocycles. The van der Waals surface area contributed by atoms with Crippen molar-refractivity contribution in [2.24, 2.45) is 0 Å². The minimum absolute atomic E-state index is 0.0142. The van der Waals surface area contributed by atoms with Crippen LogP contribution in [0.15, 0.2) is 60.7 Å². The van der Waals surface area contributed by atoms with Gasteiger partial charge in [-0.25, -0.2) is 0 Å². The van der Waals surface area contributed by atoms with Gasteiger partial charge in [-0.1, -0.05) is 36.4 Å². The van der Waals surface area contributed by atoms with Crippen LogP contribution in [0.2, 0.25) is 0 Å². The van der Waals surface area contributed by atoms with Crippen LogP contribution in [0.25, 0.3) is 0 Å². The monoisotopic (exact) mass is 294 g/mol. The van der Waals surface area contributed by atoms with Crippen molar-refractivity contribution in [3.05, 3.63) is 71.8 Å². The summed E-state index contributed by atoms with van der Waals surface area (Å²) in [6.07, 6.45) is 0.789. The summed E-state index contributed by atoms with van der Waals surface area (Å²) in [5.41, 5.74) is 1.34. The number of carbonyl (C=O) groups is 2. The Morgan fingerprint density at radius 2 is 1.50 bits per heavy atom. The van der Waals surface area contributed by atoms with E-state index in [1.165, 1.54) is 0 Å². The summed E-state index contributed by atoms with van der Waals surface area (Å²) in [4.78, 5) is 26.3. The molecule has 1 aliphatic heterocycles. The van der Waals surface area contributed by atoms with Crippen LogP contribution in [0, 0.1) is 0 Å². The van der Waals surface area contributed by atoms with Gasteiger partial charge in [0.1, 0.15) is 0 Å². The summed E-state index contributed by atoms with van der Waals surface area (Å²) >= 11 is 0. The summed E-state index contributed by atoms with van der Waals surface area (Å²) in [6, 6.07) is 18.4. The summed E-state index contributed by atoms with van der Waals surface area (Å²) in [5, 5.41) is 3.00. The Balaban J connectivity index is 1.59. The highest BCUT2D eigenvalue weighted by atomic mass is 16.2. The first-order valence-corrected chi connectivity index (χ1v) is 7.44. The minimum Gasteiger partial charge on any atom is -0.347 e. The van der Waals surface area contributed by atoms with E-state index in [4.69, 9.17) is 0 Å². The lowest BCUT2D eigenvalue weighted by Crippen LogP contribution is -2.38. The molecule has 1 unspecified atom stereocenters. The van der Waals surface area contributed by atoms with E-state index in [2.05, 4.69) is 5.32 Å². The molecule has 0 aliphatic carbocycles. The van der Waals surface area contributed by atoms with Crippen molar-refractivity contribution >= 4 is 11.8 Å². The number of nitrogens with one attached hydrogen (secondary N) is 1. The summed E-state index contributed by atoms with van der Waals surface area (Å²) < 4.78 is 0. The first kappa shape index (κ1) is 14.3. The van der Waals surface area contributed by atoms with E-state index in [0.29, 0.717) is 24.2 Å². The Hall–Kier alpha value is -2.62. The predicted octanol–water partition coefficient (Wildman–Crippen LogP) is 2.33.